The van der Waals surface area contributed by atoms with Gasteiger partial charge in [0, 0.05) is 24.7 Å². The summed E-state index contributed by atoms with van der Waals surface area (Å²) in [6, 6.07) is 3.99. The highest BCUT2D eigenvalue weighted by atomic mass is 79.9. The lowest BCUT2D eigenvalue weighted by Gasteiger charge is -2.06. The minimum atomic E-state index is -0.646. The topological polar surface area (TPSA) is 42.2 Å². The molecule has 0 aliphatic rings. The van der Waals surface area contributed by atoms with Crippen LogP contribution in [0.25, 0.3) is 5.78 Å². The van der Waals surface area contributed by atoms with Gasteiger partial charge in [0.25, 0.3) is 0 Å². The van der Waals surface area contributed by atoms with Crippen LogP contribution >= 0.6 is 15.9 Å². The van der Waals surface area contributed by atoms with Gasteiger partial charge in [-0.3, -0.25) is 4.40 Å². The number of benzene rings is 1. The maximum absolute atomic E-state index is 13.6. The summed E-state index contributed by atoms with van der Waals surface area (Å²) in [5.41, 5.74) is 0.923. The number of imidazole rings is 1. The fraction of sp³-hybridized carbons (Fsp3) is 0.0769. The molecule has 1 N–H and O–H groups in total. The van der Waals surface area contributed by atoms with Gasteiger partial charge in [-0.1, -0.05) is 0 Å². The van der Waals surface area contributed by atoms with Crippen LogP contribution in [0.4, 0.5) is 14.5 Å². The number of nitrogens with one attached hydrogen (secondary N) is 1. The fourth-order valence-corrected chi connectivity index (χ4v) is 2.15. The van der Waals surface area contributed by atoms with Crippen LogP contribution in [-0.4, -0.2) is 14.4 Å². The van der Waals surface area contributed by atoms with Crippen molar-refractivity contribution in [2.45, 2.75) is 6.54 Å². The van der Waals surface area contributed by atoms with Gasteiger partial charge in [0.1, 0.15) is 11.6 Å². The van der Waals surface area contributed by atoms with E-state index in [1.54, 1.807) is 22.9 Å². The van der Waals surface area contributed by atoms with Gasteiger partial charge >= 0.3 is 0 Å². The second kappa shape index (κ2) is 5.16. The van der Waals surface area contributed by atoms with E-state index >= 15 is 0 Å². The molecular formula is C13H9BrF2N4. The molecule has 0 aliphatic heterocycles. The Labute approximate surface area is 121 Å². The first-order valence-electron chi connectivity index (χ1n) is 5.80. The van der Waals surface area contributed by atoms with E-state index in [0.717, 1.165) is 6.07 Å². The molecule has 3 aromatic rings. The number of hydrogen-bond acceptors (Lipinski definition) is 3. The Morgan fingerprint density at radius 2 is 2.10 bits per heavy atom. The summed E-state index contributed by atoms with van der Waals surface area (Å²) in [6.07, 6.45) is 5.27. The van der Waals surface area contributed by atoms with Gasteiger partial charge in [-0.25, -0.2) is 18.7 Å². The van der Waals surface area contributed by atoms with Crippen LogP contribution in [-0.2, 0) is 6.54 Å². The minimum Gasteiger partial charge on any atom is -0.377 e. The second-order valence-electron chi connectivity index (χ2n) is 4.16. The summed E-state index contributed by atoms with van der Waals surface area (Å²) < 4.78 is 28.7. The maximum Gasteiger partial charge on any atom is 0.233 e. The smallest absolute Gasteiger partial charge is 0.233 e. The van der Waals surface area contributed by atoms with Crippen molar-refractivity contribution >= 4 is 27.4 Å². The second-order valence-corrected chi connectivity index (χ2v) is 5.01. The Morgan fingerprint density at radius 3 is 2.90 bits per heavy atom. The average Bonchev–Trinajstić information content (AvgIpc) is 2.84. The Morgan fingerprint density at radius 1 is 1.25 bits per heavy atom. The molecule has 0 unspecified atom stereocenters. The SMILES string of the molecule is Fc1cc(F)c(NCc2cn3cccnc3n2)cc1Br. The molecule has 0 radical (unpaired) electrons. The van der Waals surface area contributed by atoms with Crippen molar-refractivity contribution in [1.82, 2.24) is 14.4 Å². The maximum atomic E-state index is 13.6. The molecule has 0 saturated heterocycles. The van der Waals surface area contributed by atoms with Gasteiger partial charge in [0.05, 0.1) is 22.4 Å². The molecule has 20 heavy (non-hydrogen) atoms. The Hall–Kier alpha value is -2.02. The quantitative estimate of drug-likeness (QED) is 0.744. The van der Waals surface area contributed by atoms with Gasteiger partial charge in [-0.05, 0) is 28.1 Å². The lowest BCUT2D eigenvalue weighted by atomic mass is 10.3. The van der Waals surface area contributed by atoms with E-state index in [1.807, 2.05) is 6.20 Å². The van der Waals surface area contributed by atoms with E-state index in [0.29, 0.717) is 18.0 Å². The van der Waals surface area contributed by atoms with E-state index < -0.39 is 11.6 Å². The summed E-state index contributed by atoms with van der Waals surface area (Å²) in [7, 11) is 0. The normalized spacial score (nSPS) is 10.9. The molecule has 2 aromatic heterocycles. The molecule has 0 amide bonds. The van der Waals surface area contributed by atoms with E-state index in [4.69, 9.17) is 0 Å². The monoisotopic (exact) mass is 338 g/mol. The highest BCUT2D eigenvalue weighted by Crippen LogP contribution is 2.24. The highest BCUT2D eigenvalue weighted by Gasteiger charge is 2.09. The molecule has 0 spiro atoms. The van der Waals surface area contributed by atoms with Crippen molar-refractivity contribution in [3.63, 3.8) is 0 Å². The van der Waals surface area contributed by atoms with Crippen molar-refractivity contribution < 1.29 is 8.78 Å². The van der Waals surface area contributed by atoms with E-state index in [1.165, 1.54) is 6.07 Å². The van der Waals surface area contributed by atoms with Crippen LogP contribution in [0, 0.1) is 11.6 Å². The minimum absolute atomic E-state index is 0.207. The lowest BCUT2D eigenvalue weighted by molar-refractivity contribution is 0.580. The van der Waals surface area contributed by atoms with E-state index in [-0.39, 0.29) is 10.2 Å². The number of fused-ring (bicyclic) bond motifs is 1. The molecule has 3 rings (SSSR count). The van der Waals surface area contributed by atoms with Gasteiger partial charge in [-0.2, -0.15) is 0 Å². The molecule has 102 valence electrons. The van der Waals surface area contributed by atoms with E-state index in [9.17, 15) is 8.78 Å². The highest BCUT2D eigenvalue weighted by molar-refractivity contribution is 9.10. The van der Waals surface area contributed by atoms with Crippen LogP contribution in [0.3, 0.4) is 0 Å². The Bertz CT molecular complexity index is 739. The Balaban J connectivity index is 1.81. The standard InChI is InChI=1S/C13H9BrF2N4/c14-9-4-12(11(16)5-10(9)15)18-6-8-7-20-3-1-2-17-13(20)19-8/h1-5,7,18H,6H2. The van der Waals surface area contributed by atoms with Crippen molar-refractivity contribution in [3.05, 3.63) is 58.6 Å². The molecular weight excluding hydrogens is 330 g/mol. The van der Waals surface area contributed by atoms with Gasteiger partial charge in [0.2, 0.25) is 5.78 Å². The summed E-state index contributed by atoms with van der Waals surface area (Å²) >= 11 is 3.02. The molecule has 0 fully saturated rings. The number of rotatable bonds is 3. The first-order valence-corrected chi connectivity index (χ1v) is 6.60. The zero-order chi connectivity index (χ0) is 14.1. The molecule has 1 aromatic carbocycles. The van der Waals surface area contributed by atoms with Crippen LogP contribution in [0.15, 0.2) is 41.3 Å². The van der Waals surface area contributed by atoms with Crippen molar-refractivity contribution in [3.8, 4) is 0 Å². The van der Waals surface area contributed by atoms with Crippen molar-refractivity contribution in [1.29, 1.82) is 0 Å². The summed E-state index contributed by atoms with van der Waals surface area (Å²) in [4.78, 5) is 8.37. The summed E-state index contributed by atoms with van der Waals surface area (Å²) in [5.74, 6) is -0.706. The number of anilines is 1. The largest absolute Gasteiger partial charge is 0.377 e. The number of nitrogens with zero attached hydrogens (tertiary/aromatic N) is 3. The first-order chi connectivity index (χ1) is 9.63. The molecule has 0 atom stereocenters. The fourth-order valence-electron chi connectivity index (χ4n) is 1.81. The molecule has 7 heteroatoms. The van der Waals surface area contributed by atoms with Gasteiger partial charge in [-0.15, -0.1) is 0 Å². The van der Waals surface area contributed by atoms with Gasteiger partial charge in [0.15, 0.2) is 0 Å². The average molecular weight is 339 g/mol. The van der Waals surface area contributed by atoms with Crippen LogP contribution in [0.1, 0.15) is 5.69 Å². The Kier molecular flexibility index (Phi) is 3.35. The third kappa shape index (κ3) is 2.49. The lowest BCUT2D eigenvalue weighted by Crippen LogP contribution is -2.02. The summed E-state index contributed by atoms with van der Waals surface area (Å²) in [6.45, 7) is 0.318. The van der Waals surface area contributed by atoms with Crippen molar-refractivity contribution in [2.24, 2.45) is 0 Å². The zero-order valence-corrected chi connectivity index (χ0v) is 11.7. The zero-order valence-electron chi connectivity index (χ0n) is 10.1. The van der Waals surface area contributed by atoms with E-state index in [2.05, 4.69) is 31.2 Å². The number of aromatic nitrogens is 3. The predicted octanol–water partition coefficient (Wildman–Crippen LogP) is 3.38. The summed E-state index contributed by atoms with van der Waals surface area (Å²) in [5, 5.41) is 2.88. The number of halogens is 3. The molecule has 2 heterocycles. The predicted molar refractivity (Wildman–Crippen MR) is 74.4 cm³/mol. The molecule has 0 aliphatic carbocycles. The van der Waals surface area contributed by atoms with Crippen molar-refractivity contribution in [2.75, 3.05) is 5.32 Å². The van der Waals surface area contributed by atoms with Crippen LogP contribution in [0.5, 0.6) is 0 Å². The third-order valence-corrected chi connectivity index (χ3v) is 3.36. The molecule has 0 bridgehead atoms. The molecule has 0 saturated carbocycles. The molecule has 4 nitrogen and oxygen atoms in total. The first kappa shape index (κ1) is 13.0. The third-order valence-electron chi connectivity index (χ3n) is 2.76. The van der Waals surface area contributed by atoms with Gasteiger partial charge < -0.3 is 5.32 Å². The van der Waals surface area contributed by atoms with Crippen LogP contribution < -0.4 is 5.32 Å². The van der Waals surface area contributed by atoms with Crippen LogP contribution in [0.2, 0.25) is 0 Å². The number of hydrogen-bond donors (Lipinski definition) is 1.